The third-order valence-corrected chi connectivity index (χ3v) is 3.42. The quantitative estimate of drug-likeness (QED) is 0.778. The van der Waals surface area contributed by atoms with Crippen molar-refractivity contribution in [3.05, 3.63) is 42.2 Å². The van der Waals surface area contributed by atoms with Gasteiger partial charge in [0.25, 0.3) is 0 Å². The molecule has 0 amide bonds. The first-order valence-electron chi connectivity index (χ1n) is 6.63. The summed E-state index contributed by atoms with van der Waals surface area (Å²) in [5, 5.41) is 0. The van der Waals surface area contributed by atoms with Crippen molar-refractivity contribution in [2.45, 2.75) is 6.92 Å². The van der Waals surface area contributed by atoms with Crippen LogP contribution in [0.5, 0.6) is 0 Å². The minimum atomic E-state index is -0.438. The second kappa shape index (κ2) is 5.40. The number of piperazine rings is 1. The van der Waals surface area contributed by atoms with Gasteiger partial charge in [0.1, 0.15) is 0 Å². The highest BCUT2D eigenvalue weighted by Crippen LogP contribution is 2.18. The predicted octanol–water partition coefficient (Wildman–Crippen LogP) is 1.65. The normalized spacial score (nSPS) is 15.5. The Balaban J connectivity index is 1.68. The van der Waals surface area contributed by atoms with E-state index in [9.17, 15) is 4.39 Å². The molecule has 1 aliphatic heterocycles. The van der Waals surface area contributed by atoms with Gasteiger partial charge in [-0.3, -0.25) is 0 Å². The molecule has 0 N–H and O–H groups in total. The Morgan fingerprint density at radius 2 is 1.70 bits per heavy atom. The number of nitrogens with zero attached hydrogens (tertiary/aromatic N) is 5. The van der Waals surface area contributed by atoms with Crippen LogP contribution >= 0.6 is 0 Å². The van der Waals surface area contributed by atoms with Gasteiger partial charge in [0.2, 0.25) is 11.9 Å². The first kappa shape index (κ1) is 12.8. The van der Waals surface area contributed by atoms with Gasteiger partial charge >= 0.3 is 0 Å². The molecule has 6 heteroatoms. The highest BCUT2D eigenvalue weighted by molar-refractivity contribution is 5.47. The van der Waals surface area contributed by atoms with Crippen molar-refractivity contribution in [3.63, 3.8) is 0 Å². The van der Waals surface area contributed by atoms with Crippen LogP contribution in [0, 0.1) is 12.9 Å². The average molecular weight is 273 g/mol. The van der Waals surface area contributed by atoms with Gasteiger partial charge in [-0.15, -0.1) is 0 Å². The molecule has 2 aromatic rings. The summed E-state index contributed by atoms with van der Waals surface area (Å²) in [5.74, 6) is 0.331. The maximum absolute atomic E-state index is 13.1. The topological polar surface area (TPSA) is 45.2 Å². The van der Waals surface area contributed by atoms with E-state index in [1.54, 1.807) is 6.20 Å². The number of hydrogen-bond acceptors (Lipinski definition) is 5. The third-order valence-electron chi connectivity index (χ3n) is 3.42. The van der Waals surface area contributed by atoms with Crippen LogP contribution in [0.4, 0.5) is 16.0 Å². The predicted molar refractivity (Wildman–Crippen MR) is 75.4 cm³/mol. The molecule has 0 aliphatic carbocycles. The molecule has 0 aromatic carbocycles. The van der Waals surface area contributed by atoms with E-state index >= 15 is 0 Å². The molecule has 104 valence electrons. The molecule has 1 aliphatic rings. The lowest BCUT2D eigenvalue weighted by molar-refractivity contribution is 0.579. The molecule has 3 heterocycles. The fourth-order valence-corrected chi connectivity index (χ4v) is 2.34. The van der Waals surface area contributed by atoms with E-state index in [0.29, 0.717) is 0 Å². The Bertz CT molecular complexity index is 542. The van der Waals surface area contributed by atoms with Gasteiger partial charge in [-0.2, -0.15) is 4.39 Å². The molecular formula is C14H16FN5. The average Bonchev–Trinajstić information content (AvgIpc) is 2.47. The van der Waals surface area contributed by atoms with Gasteiger partial charge in [-0.05, 0) is 19.1 Å². The molecule has 3 rings (SSSR count). The number of anilines is 2. The monoisotopic (exact) mass is 273 g/mol. The zero-order valence-electron chi connectivity index (χ0n) is 11.3. The zero-order valence-corrected chi connectivity index (χ0v) is 11.3. The Hall–Kier alpha value is -2.24. The highest BCUT2D eigenvalue weighted by atomic mass is 19.1. The Morgan fingerprint density at radius 1 is 1.00 bits per heavy atom. The molecular weight excluding hydrogens is 257 g/mol. The van der Waals surface area contributed by atoms with Crippen molar-refractivity contribution in [1.82, 2.24) is 15.0 Å². The zero-order chi connectivity index (χ0) is 13.9. The van der Waals surface area contributed by atoms with Gasteiger partial charge in [0.15, 0.2) is 0 Å². The van der Waals surface area contributed by atoms with Crippen LogP contribution in [0.2, 0.25) is 0 Å². The molecule has 20 heavy (non-hydrogen) atoms. The number of pyridine rings is 1. The number of halogens is 1. The van der Waals surface area contributed by atoms with E-state index < -0.39 is 5.95 Å². The van der Waals surface area contributed by atoms with Gasteiger partial charge in [0.05, 0.1) is 0 Å². The second-order valence-corrected chi connectivity index (χ2v) is 4.81. The maximum atomic E-state index is 13.1. The van der Waals surface area contributed by atoms with E-state index in [2.05, 4.69) is 24.8 Å². The van der Waals surface area contributed by atoms with Crippen LogP contribution < -0.4 is 9.80 Å². The summed E-state index contributed by atoms with van der Waals surface area (Å²) in [6.07, 6.45) is 3.28. The minimum Gasteiger partial charge on any atom is -0.368 e. The molecule has 0 saturated carbocycles. The molecule has 1 saturated heterocycles. The van der Waals surface area contributed by atoms with Gasteiger partial charge in [0, 0.05) is 56.0 Å². The number of rotatable bonds is 2. The molecule has 0 unspecified atom stereocenters. The first-order chi connectivity index (χ1) is 9.72. The number of aryl methyl sites for hydroxylation is 1. The van der Waals surface area contributed by atoms with Gasteiger partial charge < -0.3 is 9.80 Å². The largest absolute Gasteiger partial charge is 0.368 e. The molecule has 0 bridgehead atoms. The molecule has 0 atom stereocenters. The van der Waals surface area contributed by atoms with Crippen molar-refractivity contribution in [2.75, 3.05) is 36.0 Å². The van der Waals surface area contributed by atoms with E-state index in [1.165, 1.54) is 12.3 Å². The number of aromatic nitrogens is 3. The van der Waals surface area contributed by atoms with E-state index in [4.69, 9.17) is 0 Å². The summed E-state index contributed by atoms with van der Waals surface area (Å²) in [6, 6.07) is 5.19. The molecule has 2 aromatic heterocycles. The van der Waals surface area contributed by atoms with Crippen molar-refractivity contribution in [1.29, 1.82) is 0 Å². The molecule has 0 spiro atoms. The van der Waals surface area contributed by atoms with Crippen LogP contribution in [0.25, 0.3) is 0 Å². The molecule has 0 radical (unpaired) electrons. The van der Waals surface area contributed by atoms with E-state index in [0.717, 1.165) is 43.5 Å². The number of hydrogen-bond donors (Lipinski definition) is 0. The second-order valence-electron chi connectivity index (χ2n) is 4.81. The van der Waals surface area contributed by atoms with Gasteiger partial charge in [-0.25, -0.2) is 15.0 Å². The smallest absolute Gasteiger partial charge is 0.225 e. The van der Waals surface area contributed by atoms with Crippen LogP contribution in [0.3, 0.4) is 0 Å². The highest BCUT2D eigenvalue weighted by Gasteiger charge is 2.19. The lowest BCUT2D eigenvalue weighted by atomic mass is 10.2. The van der Waals surface area contributed by atoms with E-state index in [-0.39, 0.29) is 0 Å². The summed E-state index contributed by atoms with van der Waals surface area (Å²) < 4.78 is 13.1. The van der Waals surface area contributed by atoms with Crippen LogP contribution in [0.1, 0.15) is 5.69 Å². The van der Waals surface area contributed by atoms with Crippen molar-refractivity contribution in [3.8, 4) is 0 Å². The summed E-state index contributed by atoms with van der Waals surface area (Å²) in [6.45, 7) is 5.25. The SMILES string of the molecule is Cc1ccnc(N2CCN(c3ccnc(F)c3)CC2)n1. The van der Waals surface area contributed by atoms with Crippen molar-refractivity contribution < 1.29 is 4.39 Å². The van der Waals surface area contributed by atoms with Crippen LogP contribution in [0.15, 0.2) is 30.6 Å². The minimum absolute atomic E-state index is 0.438. The lowest BCUT2D eigenvalue weighted by Gasteiger charge is -2.36. The molecule has 5 nitrogen and oxygen atoms in total. The van der Waals surface area contributed by atoms with E-state index in [1.807, 2.05) is 19.1 Å². The van der Waals surface area contributed by atoms with Crippen molar-refractivity contribution in [2.24, 2.45) is 0 Å². The molecule has 1 fully saturated rings. The maximum Gasteiger partial charge on any atom is 0.225 e. The first-order valence-corrected chi connectivity index (χ1v) is 6.63. The summed E-state index contributed by atoms with van der Waals surface area (Å²) in [4.78, 5) is 16.6. The lowest BCUT2D eigenvalue weighted by Crippen LogP contribution is -2.47. The fourth-order valence-electron chi connectivity index (χ4n) is 2.34. The van der Waals surface area contributed by atoms with Gasteiger partial charge in [-0.1, -0.05) is 0 Å². The summed E-state index contributed by atoms with van der Waals surface area (Å²) in [7, 11) is 0. The Kier molecular flexibility index (Phi) is 3.45. The Labute approximate surface area is 117 Å². The standard InChI is InChI=1S/C14H16FN5/c1-11-2-4-17-14(18-11)20-8-6-19(7-9-20)12-3-5-16-13(15)10-12/h2-5,10H,6-9H2,1H3. The van der Waals surface area contributed by atoms with Crippen LogP contribution in [-0.4, -0.2) is 41.1 Å². The third kappa shape index (κ3) is 2.68. The fraction of sp³-hybridized carbons (Fsp3) is 0.357. The van der Waals surface area contributed by atoms with Crippen LogP contribution in [-0.2, 0) is 0 Å². The summed E-state index contributed by atoms with van der Waals surface area (Å²) >= 11 is 0. The summed E-state index contributed by atoms with van der Waals surface area (Å²) in [5.41, 5.74) is 1.84. The Morgan fingerprint density at radius 3 is 2.40 bits per heavy atom. The van der Waals surface area contributed by atoms with Crippen molar-refractivity contribution >= 4 is 11.6 Å².